The summed E-state index contributed by atoms with van der Waals surface area (Å²) in [5, 5.41) is 8.40. The van der Waals surface area contributed by atoms with E-state index in [0.29, 0.717) is 11.8 Å². The smallest absolute Gasteiger partial charge is 0.303 e. The first-order valence-electron chi connectivity index (χ1n) is 3.84. The molecule has 0 aromatic rings. The molecule has 0 aromatic carbocycles. The third-order valence-electron chi connectivity index (χ3n) is 2.50. The Hall–Kier alpha value is -0.530. The normalized spacial score (nSPS) is 21.7. The molecule has 2 heteroatoms. The molecule has 0 radical (unpaired) electrons. The molecule has 0 unspecified atom stereocenters. The molecule has 0 aliphatic heterocycles. The lowest BCUT2D eigenvalue weighted by molar-refractivity contribution is -0.138. The van der Waals surface area contributed by atoms with E-state index in [9.17, 15) is 4.79 Å². The molecule has 0 saturated heterocycles. The van der Waals surface area contributed by atoms with Crippen LogP contribution in [0.15, 0.2) is 0 Å². The van der Waals surface area contributed by atoms with E-state index in [4.69, 9.17) is 5.11 Å². The Balaban J connectivity index is 2.18. The summed E-state index contributed by atoms with van der Waals surface area (Å²) in [5.74, 6) is -0.659. The van der Waals surface area contributed by atoms with Gasteiger partial charge < -0.3 is 5.11 Å². The summed E-state index contributed by atoms with van der Waals surface area (Å²) in [6.45, 7) is 2.18. The zero-order chi connectivity index (χ0) is 7.61. The van der Waals surface area contributed by atoms with Gasteiger partial charge in [0.15, 0.2) is 0 Å². The number of hydrogen-bond acceptors (Lipinski definition) is 1. The monoisotopic (exact) mass is 142 g/mol. The Morgan fingerprint density at radius 1 is 1.60 bits per heavy atom. The molecule has 1 aliphatic carbocycles. The second-order valence-corrected chi connectivity index (χ2v) is 3.56. The van der Waals surface area contributed by atoms with Crippen LogP contribution in [-0.2, 0) is 4.79 Å². The van der Waals surface area contributed by atoms with Crippen molar-refractivity contribution < 1.29 is 9.90 Å². The van der Waals surface area contributed by atoms with Crippen LogP contribution >= 0.6 is 0 Å². The minimum Gasteiger partial charge on any atom is -0.481 e. The lowest BCUT2D eigenvalue weighted by atomic mass is 9.68. The van der Waals surface area contributed by atoms with Crippen LogP contribution < -0.4 is 0 Å². The van der Waals surface area contributed by atoms with Gasteiger partial charge in [-0.05, 0) is 24.7 Å². The number of rotatable bonds is 3. The third kappa shape index (κ3) is 1.72. The minimum absolute atomic E-state index is 0.344. The van der Waals surface area contributed by atoms with Gasteiger partial charge in [0.2, 0.25) is 0 Å². The van der Waals surface area contributed by atoms with Crippen molar-refractivity contribution in [2.24, 2.45) is 5.41 Å². The first-order chi connectivity index (χ1) is 4.62. The third-order valence-corrected chi connectivity index (χ3v) is 2.50. The van der Waals surface area contributed by atoms with Gasteiger partial charge in [-0.1, -0.05) is 13.3 Å². The molecule has 1 saturated carbocycles. The van der Waals surface area contributed by atoms with Crippen molar-refractivity contribution in [1.82, 2.24) is 0 Å². The Morgan fingerprint density at radius 2 is 2.20 bits per heavy atom. The lowest BCUT2D eigenvalue weighted by Gasteiger charge is -2.38. The van der Waals surface area contributed by atoms with Crippen molar-refractivity contribution in [3.05, 3.63) is 0 Å². The first-order valence-corrected chi connectivity index (χ1v) is 3.84. The molecule has 1 rings (SSSR count). The van der Waals surface area contributed by atoms with E-state index >= 15 is 0 Å². The predicted octanol–water partition coefficient (Wildman–Crippen LogP) is 2.04. The fraction of sp³-hybridized carbons (Fsp3) is 0.875. The number of carbonyl (C=O) groups is 1. The first kappa shape index (κ1) is 7.58. The van der Waals surface area contributed by atoms with Gasteiger partial charge in [-0.15, -0.1) is 0 Å². The van der Waals surface area contributed by atoms with E-state index < -0.39 is 5.97 Å². The SMILES string of the molecule is CC1(CCC(=O)O)CCC1. The fourth-order valence-corrected chi connectivity index (χ4v) is 1.44. The summed E-state index contributed by atoms with van der Waals surface area (Å²) in [7, 11) is 0. The van der Waals surface area contributed by atoms with Crippen LogP contribution in [0.4, 0.5) is 0 Å². The van der Waals surface area contributed by atoms with Crippen LogP contribution in [0.2, 0.25) is 0 Å². The maximum absolute atomic E-state index is 10.2. The maximum atomic E-state index is 10.2. The van der Waals surface area contributed by atoms with E-state index in [1.165, 1.54) is 19.3 Å². The molecule has 1 N–H and O–H groups in total. The summed E-state index contributed by atoms with van der Waals surface area (Å²) in [4.78, 5) is 10.2. The van der Waals surface area contributed by atoms with Gasteiger partial charge in [0.1, 0.15) is 0 Å². The minimum atomic E-state index is -0.659. The maximum Gasteiger partial charge on any atom is 0.303 e. The summed E-state index contributed by atoms with van der Waals surface area (Å²) in [6.07, 6.45) is 4.94. The molecule has 2 nitrogen and oxygen atoms in total. The van der Waals surface area contributed by atoms with Gasteiger partial charge in [0.05, 0.1) is 0 Å². The van der Waals surface area contributed by atoms with Gasteiger partial charge in [-0.2, -0.15) is 0 Å². The molecular weight excluding hydrogens is 128 g/mol. The average molecular weight is 142 g/mol. The Bertz CT molecular complexity index is 136. The molecule has 0 aromatic heterocycles. The highest BCUT2D eigenvalue weighted by molar-refractivity contribution is 5.66. The molecule has 0 amide bonds. The molecule has 0 heterocycles. The summed E-state index contributed by atoms with van der Waals surface area (Å²) in [5.41, 5.74) is 0.373. The Morgan fingerprint density at radius 3 is 2.50 bits per heavy atom. The summed E-state index contributed by atoms with van der Waals surface area (Å²) in [6, 6.07) is 0. The predicted molar refractivity (Wildman–Crippen MR) is 38.8 cm³/mol. The fourth-order valence-electron chi connectivity index (χ4n) is 1.44. The standard InChI is InChI=1S/C8H14O2/c1-8(4-2-5-8)6-3-7(9)10/h2-6H2,1H3,(H,9,10). The van der Waals surface area contributed by atoms with Crippen molar-refractivity contribution in [3.8, 4) is 0 Å². The van der Waals surface area contributed by atoms with Crippen molar-refractivity contribution in [2.45, 2.75) is 39.0 Å². The van der Waals surface area contributed by atoms with Gasteiger partial charge in [-0.25, -0.2) is 0 Å². The molecule has 0 bridgehead atoms. The van der Waals surface area contributed by atoms with Gasteiger partial charge in [-0.3, -0.25) is 4.79 Å². The van der Waals surface area contributed by atoms with E-state index in [-0.39, 0.29) is 0 Å². The van der Waals surface area contributed by atoms with Crippen LogP contribution in [-0.4, -0.2) is 11.1 Å². The molecular formula is C8H14O2. The largest absolute Gasteiger partial charge is 0.481 e. The van der Waals surface area contributed by atoms with Gasteiger partial charge in [0, 0.05) is 6.42 Å². The second kappa shape index (κ2) is 2.60. The van der Waals surface area contributed by atoms with Crippen molar-refractivity contribution in [3.63, 3.8) is 0 Å². The number of hydrogen-bond donors (Lipinski definition) is 1. The average Bonchev–Trinajstić information content (AvgIpc) is 1.79. The number of carboxylic acids is 1. The van der Waals surface area contributed by atoms with Crippen LogP contribution in [0, 0.1) is 5.41 Å². The molecule has 10 heavy (non-hydrogen) atoms. The highest BCUT2D eigenvalue weighted by atomic mass is 16.4. The number of carboxylic acid groups (broad SMARTS) is 1. The van der Waals surface area contributed by atoms with Gasteiger partial charge >= 0.3 is 5.97 Å². The van der Waals surface area contributed by atoms with E-state index in [0.717, 1.165) is 6.42 Å². The second-order valence-electron chi connectivity index (χ2n) is 3.56. The van der Waals surface area contributed by atoms with Crippen LogP contribution in [0.5, 0.6) is 0 Å². The Labute approximate surface area is 61.2 Å². The van der Waals surface area contributed by atoms with E-state index in [1.54, 1.807) is 0 Å². The van der Waals surface area contributed by atoms with Crippen molar-refractivity contribution in [1.29, 1.82) is 0 Å². The van der Waals surface area contributed by atoms with Crippen molar-refractivity contribution in [2.75, 3.05) is 0 Å². The van der Waals surface area contributed by atoms with Gasteiger partial charge in [0.25, 0.3) is 0 Å². The molecule has 0 spiro atoms. The lowest BCUT2D eigenvalue weighted by Crippen LogP contribution is -2.26. The van der Waals surface area contributed by atoms with Crippen LogP contribution in [0.25, 0.3) is 0 Å². The molecule has 1 fully saturated rings. The number of aliphatic carboxylic acids is 1. The highest BCUT2D eigenvalue weighted by Crippen LogP contribution is 2.43. The van der Waals surface area contributed by atoms with E-state index in [2.05, 4.69) is 6.92 Å². The topological polar surface area (TPSA) is 37.3 Å². The van der Waals surface area contributed by atoms with Crippen LogP contribution in [0.1, 0.15) is 39.0 Å². The highest BCUT2D eigenvalue weighted by Gasteiger charge is 2.31. The summed E-state index contributed by atoms with van der Waals surface area (Å²) >= 11 is 0. The summed E-state index contributed by atoms with van der Waals surface area (Å²) < 4.78 is 0. The quantitative estimate of drug-likeness (QED) is 0.654. The van der Waals surface area contributed by atoms with E-state index in [1.807, 2.05) is 0 Å². The molecule has 58 valence electrons. The zero-order valence-electron chi connectivity index (χ0n) is 6.39. The molecule has 0 atom stereocenters. The zero-order valence-corrected chi connectivity index (χ0v) is 6.39. The van der Waals surface area contributed by atoms with Crippen LogP contribution in [0.3, 0.4) is 0 Å². The molecule has 1 aliphatic rings. The Kier molecular flexibility index (Phi) is 1.97. The van der Waals surface area contributed by atoms with Crippen molar-refractivity contribution >= 4 is 5.97 Å².